The first-order chi connectivity index (χ1) is 14.2. The van der Waals surface area contributed by atoms with Crippen molar-refractivity contribution in [3.63, 3.8) is 0 Å². The van der Waals surface area contributed by atoms with E-state index in [4.69, 9.17) is 25.8 Å². The van der Waals surface area contributed by atoms with Crippen LogP contribution in [0.3, 0.4) is 0 Å². The molecule has 12 heteroatoms. The molecule has 1 aliphatic rings. The monoisotopic (exact) mass is 525 g/mol. The van der Waals surface area contributed by atoms with E-state index < -0.39 is 20.8 Å². The summed E-state index contributed by atoms with van der Waals surface area (Å²) < 4.78 is 55.4. The third-order valence-corrected chi connectivity index (χ3v) is 6.95. The van der Waals surface area contributed by atoms with Crippen LogP contribution in [0.25, 0.3) is 10.9 Å². The van der Waals surface area contributed by atoms with Gasteiger partial charge in [0.15, 0.2) is 17.9 Å². The minimum atomic E-state index is -3.77. The molecule has 2 aromatic rings. The van der Waals surface area contributed by atoms with E-state index in [-0.39, 0.29) is 44.9 Å². The Hall–Kier alpha value is -1.27. The number of nitrogens with zero attached hydrogens (tertiary/aromatic N) is 3. The predicted octanol–water partition coefficient (Wildman–Crippen LogP) is 3.58. The van der Waals surface area contributed by atoms with Crippen molar-refractivity contribution in [3.05, 3.63) is 15.3 Å². The van der Waals surface area contributed by atoms with E-state index in [9.17, 15) is 12.8 Å². The number of anilines is 1. The Balaban J connectivity index is 2.05. The lowest BCUT2D eigenvalue weighted by Gasteiger charge is -2.23. The van der Waals surface area contributed by atoms with Gasteiger partial charge in [-0.25, -0.2) is 22.8 Å². The molecule has 0 amide bonds. The molecule has 1 aromatic heterocycles. The Bertz CT molecular complexity index is 1050. The zero-order valence-electron chi connectivity index (χ0n) is 16.7. The molecule has 0 radical (unpaired) electrons. The second-order valence-corrected chi connectivity index (χ2v) is 9.91. The topological polar surface area (TPSA) is 90.9 Å². The number of benzene rings is 1. The van der Waals surface area contributed by atoms with Crippen LogP contribution >= 0.6 is 27.5 Å². The Labute approximate surface area is 187 Å². The molecule has 8 nitrogen and oxygen atoms in total. The molecule has 0 bridgehead atoms. The predicted molar refractivity (Wildman–Crippen MR) is 115 cm³/mol. The zero-order valence-corrected chi connectivity index (χ0v) is 19.9. The minimum absolute atomic E-state index is 0.0330. The van der Waals surface area contributed by atoms with Gasteiger partial charge >= 0.3 is 0 Å². The first-order valence-electron chi connectivity index (χ1n) is 9.20. The third-order valence-electron chi connectivity index (χ3n) is 4.77. The summed E-state index contributed by atoms with van der Waals surface area (Å²) in [6, 6.07) is 0. The maximum atomic E-state index is 15.0. The highest BCUT2D eigenvalue weighted by Crippen LogP contribution is 2.45. The van der Waals surface area contributed by atoms with Crippen LogP contribution in [0.2, 0.25) is 5.02 Å². The van der Waals surface area contributed by atoms with Gasteiger partial charge in [0.05, 0.1) is 16.4 Å². The van der Waals surface area contributed by atoms with Crippen molar-refractivity contribution in [2.45, 2.75) is 30.7 Å². The van der Waals surface area contributed by atoms with E-state index in [0.29, 0.717) is 19.5 Å². The average Bonchev–Trinajstić information content (AvgIpc) is 2.89. The van der Waals surface area contributed by atoms with Crippen molar-refractivity contribution in [1.29, 1.82) is 0 Å². The lowest BCUT2D eigenvalue weighted by atomic mass is 10.1. The quantitative estimate of drug-likeness (QED) is 0.223. The SMILES string of the molecule is COC(CCCCN1CCOc2c(Cl)c(Br)c(F)c3nc(S(C)(=O)=O)nc1c23)OC. The normalized spacial score (nSPS) is 14.3. The molecule has 0 atom stereocenters. The van der Waals surface area contributed by atoms with Crippen LogP contribution in [0.4, 0.5) is 10.2 Å². The van der Waals surface area contributed by atoms with Gasteiger partial charge in [-0.05, 0) is 35.2 Å². The van der Waals surface area contributed by atoms with Crippen molar-refractivity contribution < 1.29 is 27.0 Å². The van der Waals surface area contributed by atoms with Crippen molar-refractivity contribution in [1.82, 2.24) is 9.97 Å². The number of hydrogen-bond donors (Lipinski definition) is 0. The van der Waals surface area contributed by atoms with Crippen LogP contribution < -0.4 is 9.64 Å². The molecule has 0 unspecified atom stereocenters. The largest absolute Gasteiger partial charge is 0.489 e. The minimum Gasteiger partial charge on any atom is -0.489 e. The van der Waals surface area contributed by atoms with Crippen molar-refractivity contribution in [2.24, 2.45) is 0 Å². The lowest BCUT2D eigenvalue weighted by molar-refractivity contribution is -0.107. The number of hydrogen-bond acceptors (Lipinski definition) is 8. The fourth-order valence-electron chi connectivity index (χ4n) is 3.26. The van der Waals surface area contributed by atoms with E-state index in [1.165, 1.54) is 0 Å². The van der Waals surface area contributed by atoms with E-state index >= 15 is 0 Å². The zero-order chi connectivity index (χ0) is 22.1. The fourth-order valence-corrected chi connectivity index (χ4v) is 4.37. The Morgan fingerprint density at radius 2 is 2.00 bits per heavy atom. The summed E-state index contributed by atoms with van der Waals surface area (Å²) in [6.45, 7) is 1.25. The molecule has 2 heterocycles. The lowest BCUT2D eigenvalue weighted by Crippen LogP contribution is -2.29. The summed E-state index contributed by atoms with van der Waals surface area (Å²) in [5.74, 6) is -0.242. The van der Waals surface area contributed by atoms with Gasteiger partial charge in [0, 0.05) is 27.0 Å². The molecule has 0 saturated heterocycles. The van der Waals surface area contributed by atoms with E-state index in [1.807, 2.05) is 4.90 Å². The van der Waals surface area contributed by atoms with Gasteiger partial charge in [-0.2, -0.15) is 0 Å². The first kappa shape index (κ1) is 23.4. The Morgan fingerprint density at radius 1 is 1.30 bits per heavy atom. The number of rotatable bonds is 8. The van der Waals surface area contributed by atoms with Crippen molar-refractivity contribution in [3.8, 4) is 5.75 Å². The molecule has 1 aliphatic heterocycles. The van der Waals surface area contributed by atoms with E-state index in [1.54, 1.807) is 14.2 Å². The van der Waals surface area contributed by atoms with Gasteiger partial charge < -0.3 is 19.1 Å². The second-order valence-electron chi connectivity index (χ2n) is 6.83. The average molecular weight is 527 g/mol. The van der Waals surface area contributed by atoms with Gasteiger partial charge in [0.25, 0.3) is 0 Å². The maximum Gasteiger partial charge on any atom is 0.249 e. The molecule has 0 fully saturated rings. The molecule has 0 N–H and O–H groups in total. The summed E-state index contributed by atoms with van der Waals surface area (Å²) in [4.78, 5) is 10.1. The number of sulfone groups is 1. The summed E-state index contributed by atoms with van der Waals surface area (Å²) in [6.07, 6.45) is 2.96. The van der Waals surface area contributed by atoms with Gasteiger partial charge in [-0.15, -0.1) is 0 Å². The van der Waals surface area contributed by atoms with Gasteiger partial charge in [-0.1, -0.05) is 11.6 Å². The highest BCUT2D eigenvalue weighted by Gasteiger charge is 2.29. The number of unbranched alkanes of at least 4 members (excludes halogenated alkanes) is 1. The highest BCUT2D eigenvalue weighted by atomic mass is 79.9. The number of aromatic nitrogens is 2. The van der Waals surface area contributed by atoms with Gasteiger partial charge in [0.2, 0.25) is 15.0 Å². The maximum absolute atomic E-state index is 15.0. The smallest absolute Gasteiger partial charge is 0.249 e. The number of ether oxygens (including phenoxy) is 3. The second kappa shape index (κ2) is 9.47. The van der Waals surface area contributed by atoms with Crippen LogP contribution in [0.1, 0.15) is 19.3 Å². The third kappa shape index (κ3) is 4.64. The Kier molecular flexibility index (Phi) is 7.39. The van der Waals surface area contributed by atoms with Gasteiger partial charge in [-0.3, -0.25) is 0 Å². The standard InChI is InChI=1S/C18H22BrClFN3O5S/c1-27-10(28-2)6-4-5-7-24-8-9-29-16-11-15(14(21)12(19)13(16)20)22-18(23-17(11)24)30(3,25)26/h10H,4-9H2,1-3H3. The summed E-state index contributed by atoms with van der Waals surface area (Å²) in [5.41, 5.74) is -0.155. The molecular weight excluding hydrogens is 505 g/mol. The van der Waals surface area contributed by atoms with Crippen LogP contribution in [0.5, 0.6) is 5.75 Å². The van der Waals surface area contributed by atoms with Crippen LogP contribution in [-0.4, -0.2) is 64.8 Å². The molecular formula is C18H22BrClFN3O5S. The molecule has 1 aromatic carbocycles. The van der Waals surface area contributed by atoms with Crippen LogP contribution in [0.15, 0.2) is 9.63 Å². The number of methoxy groups -OCH3 is 2. The molecule has 3 rings (SSSR count). The first-order valence-corrected chi connectivity index (χ1v) is 12.3. The number of halogens is 3. The molecule has 0 spiro atoms. The summed E-state index contributed by atoms with van der Waals surface area (Å²) in [5, 5.41) is -0.131. The van der Waals surface area contributed by atoms with E-state index in [2.05, 4.69) is 25.9 Å². The molecule has 166 valence electrons. The summed E-state index contributed by atoms with van der Waals surface area (Å²) in [7, 11) is -0.609. The van der Waals surface area contributed by atoms with Crippen LogP contribution in [0, 0.1) is 5.82 Å². The van der Waals surface area contributed by atoms with Gasteiger partial charge in [0.1, 0.15) is 23.0 Å². The Morgan fingerprint density at radius 3 is 2.63 bits per heavy atom. The molecule has 30 heavy (non-hydrogen) atoms. The van der Waals surface area contributed by atoms with Crippen LogP contribution in [-0.2, 0) is 19.3 Å². The van der Waals surface area contributed by atoms with Crippen molar-refractivity contribution in [2.75, 3.05) is 45.1 Å². The molecule has 0 aliphatic carbocycles. The fraction of sp³-hybridized carbons (Fsp3) is 0.556. The highest BCUT2D eigenvalue weighted by molar-refractivity contribution is 9.10. The summed E-state index contributed by atoms with van der Waals surface area (Å²) >= 11 is 9.40. The molecule has 0 saturated carbocycles. The van der Waals surface area contributed by atoms with E-state index in [0.717, 1.165) is 19.1 Å². The van der Waals surface area contributed by atoms with Crippen molar-refractivity contribution >= 4 is 54.1 Å².